The number of likely N-dealkylation sites (N-methyl/N-ethyl adjacent to an activating group) is 1. The Morgan fingerprint density at radius 3 is 2.41 bits per heavy atom. The van der Waals surface area contributed by atoms with Gasteiger partial charge in [-0.05, 0) is 6.54 Å². The fourth-order valence-electron chi connectivity index (χ4n) is 2.06. The molecule has 0 radical (unpaired) electrons. The molecule has 1 saturated heterocycles. The number of benzene rings is 1. The molecule has 0 amide bonds. The van der Waals surface area contributed by atoms with E-state index in [9.17, 15) is 8.78 Å². The Morgan fingerprint density at radius 2 is 1.94 bits per heavy atom. The van der Waals surface area contributed by atoms with Crippen LogP contribution < -0.4 is 5.32 Å². The van der Waals surface area contributed by atoms with Crippen LogP contribution in [0.2, 0.25) is 0 Å². The first-order valence-corrected chi connectivity index (χ1v) is 6.01. The van der Waals surface area contributed by atoms with Gasteiger partial charge in [-0.2, -0.15) is 8.78 Å². The molecule has 1 N–H and O–H groups in total. The molecule has 0 saturated carbocycles. The van der Waals surface area contributed by atoms with Crippen LogP contribution >= 0.6 is 0 Å². The molecule has 2 nitrogen and oxygen atoms in total. The van der Waals surface area contributed by atoms with Crippen LogP contribution in [0.4, 0.5) is 8.78 Å². The first kappa shape index (κ1) is 12.5. The summed E-state index contributed by atoms with van der Waals surface area (Å²) in [6.45, 7) is 4.03. The normalized spacial score (nSPS) is 17.2. The zero-order valence-electron chi connectivity index (χ0n) is 10.00. The molecule has 0 aliphatic carbocycles. The van der Waals surface area contributed by atoms with E-state index in [2.05, 4.69) is 5.32 Å². The van der Waals surface area contributed by atoms with Gasteiger partial charge in [0.25, 0.3) is 5.92 Å². The Morgan fingerprint density at radius 1 is 1.29 bits per heavy atom. The molecule has 0 spiro atoms. The molecule has 17 heavy (non-hydrogen) atoms. The predicted octanol–water partition coefficient (Wildman–Crippen LogP) is 2.07. The van der Waals surface area contributed by atoms with E-state index in [0.717, 1.165) is 13.1 Å². The third-order valence-electron chi connectivity index (χ3n) is 3.28. The van der Waals surface area contributed by atoms with E-state index >= 15 is 0 Å². The summed E-state index contributed by atoms with van der Waals surface area (Å²) >= 11 is 0. The fraction of sp³-hybridized carbons (Fsp3) is 0.538. The molecule has 1 aromatic carbocycles. The van der Waals surface area contributed by atoms with Crippen LogP contribution in [0, 0.1) is 0 Å². The van der Waals surface area contributed by atoms with E-state index < -0.39 is 5.92 Å². The Labute approximate surface area is 101 Å². The molecular formula is C13H18F2N2. The highest BCUT2D eigenvalue weighted by Crippen LogP contribution is 2.29. The minimum atomic E-state index is -2.77. The maximum atomic E-state index is 14.1. The van der Waals surface area contributed by atoms with Crippen LogP contribution in [0.5, 0.6) is 0 Å². The van der Waals surface area contributed by atoms with Crippen molar-refractivity contribution in [1.82, 2.24) is 10.2 Å². The Balaban J connectivity index is 2.05. The van der Waals surface area contributed by atoms with Gasteiger partial charge >= 0.3 is 0 Å². The van der Waals surface area contributed by atoms with E-state index in [1.54, 1.807) is 18.2 Å². The second-order valence-electron chi connectivity index (χ2n) is 4.45. The minimum Gasteiger partial charge on any atom is -0.314 e. The molecular weight excluding hydrogens is 222 g/mol. The molecule has 0 bridgehead atoms. The summed E-state index contributed by atoms with van der Waals surface area (Å²) in [7, 11) is 0. The van der Waals surface area contributed by atoms with Crippen LogP contribution in [-0.2, 0) is 5.92 Å². The summed E-state index contributed by atoms with van der Waals surface area (Å²) in [5.74, 6) is -2.77. The van der Waals surface area contributed by atoms with Crippen molar-refractivity contribution in [3.63, 3.8) is 0 Å². The Hall–Kier alpha value is -1.00. The highest BCUT2D eigenvalue weighted by molar-refractivity contribution is 5.20. The number of hydrogen-bond donors (Lipinski definition) is 1. The quantitative estimate of drug-likeness (QED) is 0.847. The minimum absolute atomic E-state index is 0.103. The molecule has 0 atom stereocenters. The van der Waals surface area contributed by atoms with Crippen molar-refractivity contribution in [1.29, 1.82) is 0 Å². The maximum absolute atomic E-state index is 14.1. The average molecular weight is 240 g/mol. The number of nitrogens with zero attached hydrogens (tertiary/aromatic N) is 1. The van der Waals surface area contributed by atoms with Gasteiger partial charge in [0.15, 0.2) is 0 Å². The molecule has 1 fully saturated rings. The molecule has 4 heteroatoms. The fourth-order valence-corrected chi connectivity index (χ4v) is 2.06. The van der Waals surface area contributed by atoms with Crippen molar-refractivity contribution in [2.75, 3.05) is 26.2 Å². The topological polar surface area (TPSA) is 15.3 Å². The van der Waals surface area contributed by atoms with Crippen molar-refractivity contribution in [3.05, 3.63) is 35.9 Å². The van der Waals surface area contributed by atoms with Gasteiger partial charge in [0.2, 0.25) is 0 Å². The van der Waals surface area contributed by atoms with Gasteiger partial charge in [-0.1, -0.05) is 37.3 Å². The summed E-state index contributed by atoms with van der Waals surface area (Å²) in [5, 5.41) is 3.11. The van der Waals surface area contributed by atoms with E-state index in [4.69, 9.17) is 0 Å². The van der Waals surface area contributed by atoms with Crippen LogP contribution in [0.3, 0.4) is 0 Å². The number of rotatable bonds is 5. The van der Waals surface area contributed by atoms with Crippen molar-refractivity contribution < 1.29 is 8.78 Å². The summed E-state index contributed by atoms with van der Waals surface area (Å²) in [4.78, 5) is 1.85. The van der Waals surface area contributed by atoms with Gasteiger partial charge in [0, 0.05) is 24.7 Å². The van der Waals surface area contributed by atoms with Crippen molar-refractivity contribution >= 4 is 0 Å². The summed E-state index contributed by atoms with van der Waals surface area (Å²) in [6.07, 6.45) is 0. The molecule has 94 valence electrons. The van der Waals surface area contributed by atoms with Gasteiger partial charge in [-0.3, -0.25) is 4.90 Å². The van der Waals surface area contributed by atoms with Gasteiger partial charge < -0.3 is 5.32 Å². The highest BCUT2D eigenvalue weighted by atomic mass is 19.3. The van der Waals surface area contributed by atoms with Crippen LogP contribution in [0.1, 0.15) is 12.5 Å². The molecule has 1 aromatic rings. The lowest BCUT2D eigenvalue weighted by Crippen LogP contribution is -2.58. The zero-order chi connectivity index (χ0) is 12.3. The van der Waals surface area contributed by atoms with E-state index in [1.807, 2.05) is 11.8 Å². The number of alkyl halides is 2. The van der Waals surface area contributed by atoms with Crippen LogP contribution in [0.25, 0.3) is 0 Å². The number of hydrogen-bond acceptors (Lipinski definition) is 2. The lowest BCUT2D eigenvalue weighted by atomic mass is 10.1. The second-order valence-corrected chi connectivity index (χ2v) is 4.45. The van der Waals surface area contributed by atoms with Crippen LogP contribution in [-0.4, -0.2) is 37.1 Å². The molecule has 2 rings (SSSR count). The van der Waals surface area contributed by atoms with Crippen molar-refractivity contribution in [2.45, 2.75) is 18.9 Å². The van der Waals surface area contributed by atoms with Gasteiger partial charge in [-0.15, -0.1) is 0 Å². The number of nitrogens with one attached hydrogen (secondary N) is 1. The zero-order valence-corrected chi connectivity index (χ0v) is 10.00. The van der Waals surface area contributed by atoms with Gasteiger partial charge in [-0.25, -0.2) is 0 Å². The molecule has 1 aliphatic rings. The second kappa shape index (κ2) is 5.10. The lowest BCUT2D eigenvalue weighted by molar-refractivity contribution is -0.0519. The number of halogens is 2. The Bertz CT molecular complexity index is 350. The summed E-state index contributed by atoms with van der Waals surface area (Å²) in [5.41, 5.74) is 0.103. The highest BCUT2D eigenvalue weighted by Gasteiger charge is 2.36. The molecule has 0 unspecified atom stereocenters. The smallest absolute Gasteiger partial charge is 0.285 e. The standard InChI is InChI=1S/C13H18F2N2/c1-2-17(12-8-16-9-12)10-13(14,15)11-6-4-3-5-7-11/h3-7,12,16H,2,8-10H2,1H3. The van der Waals surface area contributed by atoms with E-state index in [1.165, 1.54) is 12.1 Å². The van der Waals surface area contributed by atoms with Crippen molar-refractivity contribution in [2.24, 2.45) is 0 Å². The third kappa shape index (κ3) is 2.82. The average Bonchev–Trinajstić information content (AvgIpc) is 2.27. The first-order chi connectivity index (χ1) is 8.13. The predicted molar refractivity (Wildman–Crippen MR) is 64.2 cm³/mol. The van der Waals surface area contributed by atoms with E-state index in [-0.39, 0.29) is 18.2 Å². The maximum Gasteiger partial charge on any atom is 0.285 e. The van der Waals surface area contributed by atoms with Crippen LogP contribution in [0.15, 0.2) is 30.3 Å². The van der Waals surface area contributed by atoms with Gasteiger partial charge in [0.1, 0.15) is 0 Å². The SMILES string of the molecule is CCN(CC(F)(F)c1ccccc1)C1CNC1. The van der Waals surface area contributed by atoms with Crippen molar-refractivity contribution in [3.8, 4) is 0 Å². The Kier molecular flexibility index (Phi) is 3.74. The van der Waals surface area contributed by atoms with Gasteiger partial charge in [0.05, 0.1) is 6.54 Å². The molecule has 0 aromatic heterocycles. The third-order valence-corrected chi connectivity index (χ3v) is 3.28. The largest absolute Gasteiger partial charge is 0.314 e. The lowest BCUT2D eigenvalue weighted by Gasteiger charge is -2.39. The monoisotopic (exact) mass is 240 g/mol. The summed E-state index contributed by atoms with van der Waals surface area (Å²) in [6, 6.07) is 8.32. The first-order valence-electron chi connectivity index (χ1n) is 6.01. The summed E-state index contributed by atoms with van der Waals surface area (Å²) < 4.78 is 28.1. The molecule has 1 aliphatic heterocycles. The van der Waals surface area contributed by atoms with E-state index in [0.29, 0.717) is 6.54 Å². The molecule has 1 heterocycles.